The van der Waals surface area contributed by atoms with E-state index in [1.165, 1.54) is 24.3 Å². The number of carbonyl (C=O) groups is 1. The number of nitrogens with zero attached hydrogens (tertiary/aromatic N) is 1. The highest BCUT2D eigenvalue weighted by atomic mass is 32.2. The van der Waals surface area contributed by atoms with Crippen molar-refractivity contribution < 1.29 is 26.4 Å². The van der Waals surface area contributed by atoms with Crippen LogP contribution in [0.2, 0.25) is 0 Å². The minimum Gasteiger partial charge on any atom is -0.476 e. The first-order valence-electron chi connectivity index (χ1n) is 10.7. The van der Waals surface area contributed by atoms with E-state index in [4.69, 9.17) is 4.74 Å². The van der Waals surface area contributed by atoms with Crippen LogP contribution in [0.15, 0.2) is 71.6 Å². The molecular formula is C24H25N3O6S2. The molecule has 0 saturated carbocycles. The average Bonchev–Trinajstić information content (AvgIpc) is 2.80. The van der Waals surface area contributed by atoms with Crippen molar-refractivity contribution in [1.29, 1.82) is 0 Å². The van der Waals surface area contributed by atoms with E-state index >= 15 is 0 Å². The number of fused-ring (bicyclic) bond motifs is 1. The van der Waals surface area contributed by atoms with Crippen LogP contribution in [0.3, 0.4) is 0 Å². The number of nitrogens with one attached hydrogen (secondary N) is 2. The molecule has 9 nitrogen and oxygen atoms in total. The van der Waals surface area contributed by atoms with E-state index in [9.17, 15) is 21.6 Å². The second-order valence-electron chi connectivity index (χ2n) is 8.29. The fourth-order valence-electron chi connectivity index (χ4n) is 3.61. The van der Waals surface area contributed by atoms with Crippen LogP contribution in [0.1, 0.15) is 11.1 Å². The summed E-state index contributed by atoms with van der Waals surface area (Å²) in [6.07, 6.45) is -0.0238. The van der Waals surface area contributed by atoms with Crippen LogP contribution < -0.4 is 19.1 Å². The van der Waals surface area contributed by atoms with Crippen molar-refractivity contribution in [1.82, 2.24) is 0 Å². The van der Waals surface area contributed by atoms with E-state index in [1.807, 2.05) is 19.9 Å². The molecule has 4 rings (SSSR count). The van der Waals surface area contributed by atoms with Crippen LogP contribution in [-0.4, -0.2) is 41.6 Å². The maximum Gasteiger partial charge on any atom is 0.267 e. The van der Waals surface area contributed by atoms with Crippen molar-refractivity contribution >= 4 is 43.0 Å². The Morgan fingerprint density at radius 3 is 2.23 bits per heavy atom. The minimum atomic E-state index is -3.83. The second kappa shape index (κ2) is 9.23. The summed E-state index contributed by atoms with van der Waals surface area (Å²) in [7, 11) is -7.46. The largest absolute Gasteiger partial charge is 0.476 e. The minimum absolute atomic E-state index is 0.0276. The van der Waals surface area contributed by atoms with Crippen LogP contribution in [0, 0.1) is 13.8 Å². The van der Waals surface area contributed by atoms with Crippen LogP contribution >= 0.6 is 0 Å². The number of anilines is 3. The predicted molar refractivity (Wildman–Crippen MR) is 135 cm³/mol. The van der Waals surface area contributed by atoms with Gasteiger partial charge < -0.3 is 10.1 Å². The highest BCUT2D eigenvalue weighted by Crippen LogP contribution is 2.34. The normalized spacial score (nSPS) is 15.6. The Bertz CT molecular complexity index is 1490. The Balaban J connectivity index is 1.47. The molecule has 184 valence electrons. The van der Waals surface area contributed by atoms with E-state index in [0.717, 1.165) is 21.7 Å². The third-order valence-electron chi connectivity index (χ3n) is 5.62. The number of para-hydroxylation sites is 2. The van der Waals surface area contributed by atoms with E-state index in [2.05, 4.69) is 10.0 Å². The summed E-state index contributed by atoms with van der Waals surface area (Å²) in [6.45, 7) is 3.65. The number of amides is 1. The molecule has 3 aromatic rings. The summed E-state index contributed by atoms with van der Waals surface area (Å²) < 4.78 is 59.4. The van der Waals surface area contributed by atoms with Crippen molar-refractivity contribution in [3.8, 4) is 5.75 Å². The molecule has 0 unspecified atom stereocenters. The predicted octanol–water partition coefficient (Wildman–Crippen LogP) is 3.27. The van der Waals surface area contributed by atoms with Gasteiger partial charge in [0.25, 0.3) is 15.9 Å². The molecule has 0 radical (unpaired) electrons. The van der Waals surface area contributed by atoms with E-state index in [-0.39, 0.29) is 17.2 Å². The molecule has 0 bridgehead atoms. The first kappa shape index (κ1) is 24.6. The topological polar surface area (TPSA) is 122 Å². The molecule has 3 aromatic carbocycles. The average molecular weight is 516 g/mol. The lowest BCUT2D eigenvalue weighted by Gasteiger charge is -2.33. The SMILES string of the molecule is Cc1ccc(NS(=O)(=O)c2ccc(NC(=O)[C@@H]3CN(S(C)(=O)=O)c4ccccc4O3)cc2)cc1C. The van der Waals surface area contributed by atoms with E-state index in [1.54, 1.807) is 36.4 Å². The van der Waals surface area contributed by atoms with Gasteiger partial charge in [0.05, 0.1) is 23.4 Å². The van der Waals surface area contributed by atoms with Gasteiger partial charge in [0.2, 0.25) is 10.0 Å². The molecule has 0 spiro atoms. The molecule has 0 aromatic heterocycles. The molecule has 1 aliphatic rings. The van der Waals surface area contributed by atoms with Gasteiger partial charge in [-0.2, -0.15) is 0 Å². The van der Waals surface area contributed by atoms with Gasteiger partial charge in [0, 0.05) is 11.4 Å². The highest BCUT2D eigenvalue weighted by Gasteiger charge is 2.34. The van der Waals surface area contributed by atoms with Crippen molar-refractivity contribution in [2.75, 3.05) is 27.1 Å². The molecule has 1 heterocycles. The fraction of sp³-hybridized carbons (Fsp3) is 0.208. The molecule has 0 aliphatic carbocycles. The van der Waals surface area contributed by atoms with Gasteiger partial charge in [0.1, 0.15) is 5.75 Å². The van der Waals surface area contributed by atoms with Gasteiger partial charge in [-0.25, -0.2) is 16.8 Å². The summed E-state index contributed by atoms with van der Waals surface area (Å²) >= 11 is 0. The lowest BCUT2D eigenvalue weighted by atomic mass is 10.1. The summed E-state index contributed by atoms with van der Waals surface area (Å²) in [6, 6.07) is 17.5. The number of benzene rings is 3. The summed E-state index contributed by atoms with van der Waals surface area (Å²) in [5, 5.41) is 2.66. The number of aryl methyl sites for hydroxylation is 2. The third kappa shape index (κ3) is 5.41. The molecule has 11 heteroatoms. The maximum absolute atomic E-state index is 12.8. The quantitative estimate of drug-likeness (QED) is 0.520. The second-order valence-corrected chi connectivity index (χ2v) is 11.9. The number of sulfonamides is 2. The Hall–Kier alpha value is -3.57. The van der Waals surface area contributed by atoms with E-state index < -0.39 is 32.1 Å². The van der Waals surface area contributed by atoms with E-state index in [0.29, 0.717) is 17.1 Å². The molecule has 1 amide bonds. The Kier molecular flexibility index (Phi) is 6.48. The zero-order valence-electron chi connectivity index (χ0n) is 19.3. The van der Waals surface area contributed by atoms with Gasteiger partial charge >= 0.3 is 0 Å². The number of carbonyl (C=O) groups excluding carboxylic acids is 1. The van der Waals surface area contributed by atoms with Crippen LogP contribution in [0.25, 0.3) is 0 Å². The van der Waals surface area contributed by atoms with Gasteiger partial charge in [-0.3, -0.25) is 13.8 Å². The summed E-state index contributed by atoms with van der Waals surface area (Å²) in [4.78, 5) is 12.9. The number of ether oxygens (including phenoxy) is 1. The molecule has 0 saturated heterocycles. The molecule has 1 aliphatic heterocycles. The standard InChI is InChI=1S/C24H25N3O6S2/c1-16-8-9-19(14-17(16)2)26-35(31,32)20-12-10-18(11-13-20)25-24(28)23-15-27(34(3,29)30)21-6-4-5-7-22(21)33-23/h4-14,23,26H,15H2,1-3H3,(H,25,28)/t23-/m0/s1. The monoisotopic (exact) mass is 515 g/mol. The van der Waals surface area contributed by atoms with Crippen molar-refractivity contribution in [2.45, 2.75) is 24.8 Å². The van der Waals surface area contributed by atoms with Gasteiger partial charge in [0.15, 0.2) is 6.10 Å². The van der Waals surface area contributed by atoms with Gasteiger partial charge in [-0.05, 0) is 73.5 Å². The molecular weight excluding hydrogens is 490 g/mol. The lowest BCUT2D eigenvalue weighted by Crippen LogP contribution is -2.48. The smallest absolute Gasteiger partial charge is 0.267 e. The Morgan fingerprint density at radius 1 is 0.914 bits per heavy atom. The third-order valence-corrected chi connectivity index (χ3v) is 8.16. The summed E-state index contributed by atoms with van der Waals surface area (Å²) in [5.74, 6) is -0.278. The zero-order valence-corrected chi connectivity index (χ0v) is 21.0. The molecule has 0 fully saturated rings. The van der Waals surface area contributed by atoms with Gasteiger partial charge in [-0.15, -0.1) is 0 Å². The summed E-state index contributed by atoms with van der Waals surface area (Å²) in [5.41, 5.74) is 3.18. The first-order chi connectivity index (χ1) is 16.4. The molecule has 2 N–H and O–H groups in total. The van der Waals surface area contributed by atoms with Crippen LogP contribution in [-0.2, 0) is 24.8 Å². The number of rotatable bonds is 6. The fourth-order valence-corrected chi connectivity index (χ4v) is 5.58. The van der Waals surface area contributed by atoms with Crippen LogP contribution in [0.4, 0.5) is 17.1 Å². The Labute approximate surface area is 204 Å². The van der Waals surface area contributed by atoms with Crippen molar-refractivity contribution in [3.05, 3.63) is 77.9 Å². The molecule has 1 atom stereocenters. The number of hydrogen-bond acceptors (Lipinski definition) is 6. The van der Waals surface area contributed by atoms with Crippen LogP contribution in [0.5, 0.6) is 5.75 Å². The maximum atomic E-state index is 12.8. The lowest BCUT2D eigenvalue weighted by molar-refractivity contribution is -0.122. The molecule has 35 heavy (non-hydrogen) atoms. The Morgan fingerprint density at radius 2 is 1.57 bits per heavy atom. The van der Waals surface area contributed by atoms with Crippen molar-refractivity contribution in [3.63, 3.8) is 0 Å². The van der Waals surface area contributed by atoms with Crippen molar-refractivity contribution in [2.24, 2.45) is 0 Å². The zero-order chi connectivity index (χ0) is 25.4. The highest BCUT2D eigenvalue weighted by molar-refractivity contribution is 7.92. The number of hydrogen-bond donors (Lipinski definition) is 2. The first-order valence-corrected chi connectivity index (χ1v) is 14.0. The van der Waals surface area contributed by atoms with Gasteiger partial charge in [-0.1, -0.05) is 18.2 Å².